The van der Waals surface area contributed by atoms with Crippen molar-refractivity contribution in [2.24, 2.45) is 5.92 Å². The second-order valence-corrected chi connectivity index (χ2v) is 7.89. The summed E-state index contributed by atoms with van der Waals surface area (Å²) in [5.41, 5.74) is 4.30. The topological polar surface area (TPSA) is 30.5 Å². The summed E-state index contributed by atoms with van der Waals surface area (Å²) in [6.07, 6.45) is 5.39. The van der Waals surface area contributed by atoms with Crippen LogP contribution in [0.1, 0.15) is 35.1 Å². The van der Waals surface area contributed by atoms with E-state index in [0.29, 0.717) is 12.5 Å². The first kappa shape index (κ1) is 18.7. The van der Waals surface area contributed by atoms with E-state index in [1.807, 2.05) is 42.5 Å². The van der Waals surface area contributed by atoms with Gasteiger partial charge in [0.15, 0.2) is 11.5 Å². The van der Waals surface area contributed by atoms with Gasteiger partial charge in [-0.2, -0.15) is 0 Å². The molecule has 0 fully saturated rings. The Balaban J connectivity index is 1.42. The van der Waals surface area contributed by atoms with Crippen molar-refractivity contribution in [3.8, 4) is 11.5 Å². The number of anilines is 1. The number of hydrogen-bond donors (Lipinski definition) is 1. The number of methoxy groups -OCH3 is 1. The second-order valence-electron chi connectivity index (χ2n) is 7.89. The van der Waals surface area contributed by atoms with Gasteiger partial charge in [-0.25, -0.2) is 4.39 Å². The first-order valence-electron chi connectivity index (χ1n) is 10.3. The van der Waals surface area contributed by atoms with Crippen LogP contribution >= 0.6 is 0 Å². The Hall–Kier alpha value is -3.27. The Morgan fingerprint density at radius 2 is 1.87 bits per heavy atom. The Morgan fingerprint density at radius 1 is 1.00 bits per heavy atom. The molecule has 1 N–H and O–H groups in total. The molecule has 4 heteroatoms. The molecule has 30 heavy (non-hydrogen) atoms. The van der Waals surface area contributed by atoms with Crippen LogP contribution in [0.5, 0.6) is 11.5 Å². The zero-order valence-corrected chi connectivity index (χ0v) is 16.8. The number of benzene rings is 3. The molecule has 5 rings (SSSR count). The van der Waals surface area contributed by atoms with Crippen LogP contribution in [-0.4, -0.2) is 7.11 Å². The molecule has 0 saturated carbocycles. The smallest absolute Gasteiger partial charge is 0.161 e. The predicted octanol–water partition coefficient (Wildman–Crippen LogP) is 6.24. The highest BCUT2D eigenvalue weighted by molar-refractivity contribution is 5.60. The summed E-state index contributed by atoms with van der Waals surface area (Å²) in [5, 5.41) is 3.64. The van der Waals surface area contributed by atoms with Crippen LogP contribution in [0.2, 0.25) is 0 Å². The van der Waals surface area contributed by atoms with Crippen molar-refractivity contribution in [1.29, 1.82) is 0 Å². The van der Waals surface area contributed by atoms with Crippen LogP contribution in [0.3, 0.4) is 0 Å². The number of halogens is 1. The Labute approximate surface area is 176 Å². The molecule has 3 aromatic carbocycles. The van der Waals surface area contributed by atoms with Gasteiger partial charge in [0.1, 0.15) is 12.4 Å². The second kappa shape index (κ2) is 7.86. The highest BCUT2D eigenvalue weighted by Gasteiger charge is 2.38. The molecule has 1 aliphatic carbocycles. The fourth-order valence-electron chi connectivity index (χ4n) is 4.63. The Bertz CT molecular complexity index is 1080. The first-order valence-corrected chi connectivity index (χ1v) is 10.3. The minimum absolute atomic E-state index is 0.125. The number of allylic oxidation sites excluding steroid dienone is 2. The lowest BCUT2D eigenvalue weighted by Gasteiger charge is -2.37. The molecule has 0 radical (unpaired) electrons. The molecule has 3 aromatic rings. The highest BCUT2D eigenvalue weighted by Crippen LogP contribution is 2.50. The zero-order valence-electron chi connectivity index (χ0n) is 16.8. The molecule has 1 heterocycles. The summed E-state index contributed by atoms with van der Waals surface area (Å²) in [6, 6.07) is 21.4. The number of hydrogen-bond acceptors (Lipinski definition) is 3. The van der Waals surface area contributed by atoms with Crippen LogP contribution < -0.4 is 14.8 Å². The molecule has 0 aromatic heterocycles. The molecule has 3 nitrogen and oxygen atoms in total. The van der Waals surface area contributed by atoms with Gasteiger partial charge in [0.2, 0.25) is 0 Å². The van der Waals surface area contributed by atoms with Crippen LogP contribution in [-0.2, 0) is 6.61 Å². The lowest BCUT2D eigenvalue weighted by atomic mass is 9.77. The van der Waals surface area contributed by atoms with Gasteiger partial charge in [0.05, 0.1) is 13.2 Å². The molecule has 0 saturated heterocycles. The fourth-order valence-corrected chi connectivity index (χ4v) is 4.63. The number of fused-ring (bicyclic) bond motifs is 3. The van der Waals surface area contributed by atoms with Crippen molar-refractivity contribution in [1.82, 2.24) is 0 Å². The number of ether oxygens (including phenoxy) is 2. The molecule has 2 aliphatic rings. The molecule has 152 valence electrons. The van der Waals surface area contributed by atoms with Crippen LogP contribution in [0, 0.1) is 11.7 Å². The third-order valence-electron chi connectivity index (χ3n) is 6.11. The van der Waals surface area contributed by atoms with Gasteiger partial charge in [0, 0.05) is 11.6 Å². The van der Waals surface area contributed by atoms with Gasteiger partial charge in [-0.15, -0.1) is 0 Å². The monoisotopic (exact) mass is 401 g/mol. The maximum Gasteiger partial charge on any atom is 0.161 e. The van der Waals surface area contributed by atoms with E-state index in [0.717, 1.165) is 40.3 Å². The summed E-state index contributed by atoms with van der Waals surface area (Å²) < 4.78 is 25.5. The summed E-state index contributed by atoms with van der Waals surface area (Å²) in [6.45, 7) is 0.492. The summed E-state index contributed by atoms with van der Waals surface area (Å²) in [4.78, 5) is 0. The van der Waals surface area contributed by atoms with Gasteiger partial charge in [-0.3, -0.25) is 0 Å². The van der Waals surface area contributed by atoms with Crippen molar-refractivity contribution < 1.29 is 13.9 Å². The van der Waals surface area contributed by atoms with Gasteiger partial charge in [-0.1, -0.05) is 48.6 Å². The maximum absolute atomic E-state index is 13.8. The van der Waals surface area contributed by atoms with Gasteiger partial charge in [-0.05, 0) is 59.4 Å². The number of rotatable bonds is 5. The largest absolute Gasteiger partial charge is 0.493 e. The molecule has 3 atom stereocenters. The minimum atomic E-state index is -0.186. The summed E-state index contributed by atoms with van der Waals surface area (Å²) in [7, 11) is 1.67. The Morgan fingerprint density at radius 3 is 2.70 bits per heavy atom. The summed E-state index contributed by atoms with van der Waals surface area (Å²) in [5.74, 6) is 1.83. The van der Waals surface area contributed by atoms with Gasteiger partial charge in [0.25, 0.3) is 0 Å². The lowest BCUT2D eigenvalue weighted by molar-refractivity contribution is 0.284. The average molecular weight is 401 g/mol. The molecule has 0 bridgehead atoms. The van der Waals surface area contributed by atoms with Crippen molar-refractivity contribution in [3.63, 3.8) is 0 Å². The number of nitrogens with one attached hydrogen (secondary N) is 1. The van der Waals surface area contributed by atoms with E-state index < -0.39 is 0 Å². The standard InChI is InChI=1S/C26H24FNO2/c1-29-25-14-18(10-13-24(25)30-16-17-6-3-2-4-7-17)26-21-9-5-8-20(21)22-15-19(27)11-12-23(22)28-26/h2-8,10-15,20-21,26,28H,9,16H2,1H3/t20-,21+,26+/m1/s1. The van der Waals surface area contributed by atoms with Crippen molar-refractivity contribution in [3.05, 3.63) is 101 Å². The molecule has 0 unspecified atom stereocenters. The van der Waals surface area contributed by atoms with Crippen molar-refractivity contribution >= 4 is 5.69 Å². The highest BCUT2D eigenvalue weighted by atomic mass is 19.1. The van der Waals surface area contributed by atoms with E-state index in [1.165, 1.54) is 6.07 Å². The maximum atomic E-state index is 13.8. The third-order valence-corrected chi connectivity index (χ3v) is 6.11. The van der Waals surface area contributed by atoms with Crippen molar-refractivity contribution in [2.75, 3.05) is 12.4 Å². The predicted molar refractivity (Wildman–Crippen MR) is 117 cm³/mol. The first-order chi connectivity index (χ1) is 14.7. The van der Waals surface area contributed by atoms with E-state index in [9.17, 15) is 4.39 Å². The molecular formula is C26H24FNO2. The van der Waals surface area contributed by atoms with E-state index in [1.54, 1.807) is 13.2 Å². The molecule has 0 amide bonds. The SMILES string of the molecule is COc1cc([C@@H]2Nc3ccc(F)cc3[C@@H]3C=CC[C@@H]32)ccc1OCc1ccccc1. The Kier molecular flexibility index (Phi) is 4.91. The van der Waals surface area contributed by atoms with Gasteiger partial charge < -0.3 is 14.8 Å². The van der Waals surface area contributed by atoms with E-state index in [2.05, 4.69) is 29.6 Å². The summed E-state index contributed by atoms with van der Waals surface area (Å²) >= 11 is 0. The molecule has 0 spiro atoms. The van der Waals surface area contributed by atoms with Crippen molar-refractivity contribution in [2.45, 2.75) is 25.0 Å². The van der Waals surface area contributed by atoms with E-state index in [-0.39, 0.29) is 17.8 Å². The van der Waals surface area contributed by atoms with Gasteiger partial charge >= 0.3 is 0 Å². The van der Waals surface area contributed by atoms with Crippen LogP contribution in [0.4, 0.5) is 10.1 Å². The zero-order chi connectivity index (χ0) is 20.5. The van der Waals surface area contributed by atoms with E-state index >= 15 is 0 Å². The van der Waals surface area contributed by atoms with E-state index in [4.69, 9.17) is 9.47 Å². The normalized spacial score (nSPS) is 21.5. The average Bonchev–Trinajstić information content (AvgIpc) is 3.28. The fraction of sp³-hybridized carbons (Fsp3) is 0.231. The lowest BCUT2D eigenvalue weighted by Crippen LogP contribution is -2.29. The van der Waals surface area contributed by atoms with Crippen LogP contribution in [0.15, 0.2) is 78.9 Å². The third kappa shape index (κ3) is 3.43. The molecular weight excluding hydrogens is 377 g/mol. The minimum Gasteiger partial charge on any atom is -0.493 e. The molecule has 1 aliphatic heterocycles. The quantitative estimate of drug-likeness (QED) is 0.513. The van der Waals surface area contributed by atoms with Crippen LogP contribution in [0.25, 0.3) is 0 Å².